The summed E-state index contributed by atoms with van der Waals surface area (Å²) in [7, 11) is 1.22. The summed E-state index contributed by atoms with van der Waals surface area (Å²) in [5.74, 6) is -0.121. The highest BCUT2D eigenvalue weighted by Crippen LogP contribution is 2.34. The van der Waals surface area contributed by atoms with E-state index in [1.807, 2.05) is 6.92 Å². The zero-order valence-corrected chi connectivity index (χ0v) is 21.4. The van der Waals surface area contributed by atoms with E-state index < -0.39 is 17.2 Å². The van der Waals surface area contributed by atoms with Crippen molar-refractivity contribution in [3.63, 3.8) is 0 Å². The van der Waals surface area contributed by atoms with Gasteiger partial charge in [-0.05, 0) is 67.1 Å². The van der Waals surface area contributed by atoms with Gasteiger partial charge in [-0.2, -0.15) is 0 Å². The molecule has 4 rings (SSSR count). The van der Waals surface area contributed by atoms with E-state index >= 15 is 0 Å². The maximum Gasteiger partial charge on any atom is 0.340 e. The first kappa shape index (κ1) is 26.5. The van der Waals surface area contributed by atoms with Crippen molar-refractivity contribution in [2.24, 2.45) is 0 Å². The summed E-state index contributed by atoms with van der Waals surface area (Å²) in [6.45, 7) is 2.21. The van der Waals surface area contributed by atoms with Crippen molar-refractivity contribution in [2.45, 2.75) is 13.5 Å². The van der Waals surface area contributed by atoms with Gasteiger partial charge in [0.05, 0.1) is 35.3 Å². The second kappa shape index (κ2) is 12.1. The number of aromatic nitrogens is 1. The Bertz CT molecular complexity index is 1440. The summed E-state index contributed by atoms with van der Waals surface area (Å²) in [4.78, 5) is 28.7. The Morgan fingerprint density at radius 2 is 1.61 bits per heavy atom. The van der Waals surface area contributed by atoms with Crippen LogP contribution in [0.2, 0.25) is 0 Å². The number of anilines is 2. The number of pyridine rings is 1. The van der Waals surface area contributed by atoms with E-state index in [0.717, 1.165) is 15.4 Å². The van der Waals surface area contributed by atoms with E-state index in [-0.39, 0.29) is 17.2 Å². The number of rotatable bonds is 9. The molecule has 1 unspecified atom stereocenters. The molecular formula is C28H24N3O6S-. The molecule has 9 nitrogen and oxygen atoms in total. The van der Waals surface area contributed by atoms with E-state index in [0.29, 0.717) is 29.3 Å². The molecule has 10 heteroatoms. The molecule has 1 heterocycles. The molecule has 1 aromatic heterocycles. The average Bonchev–Trinajstić information content (AvgIpc) is 2.94. The smallest absolute Gasteiger partial charge is 0.340 e. The molecule has 0 bridgehead atoms. The maximum atomic E-state index is 12.6. The standard InChI is InChI=1S/C28H25N3O6S/c1-19-3-7-22(8-4-19)31(38(34)35)26-12-11-24(17-25(26)28(33)36-2)37-23-9-5-20(6-10-23)18-30-27(32)21-13-15-29-16-14-21/h3-17H,18H2,1-2H3,(H,30,32)(H,34,35)/p-1. The second-order valence-electron chi connectivity index (χ2n) is 8.18. The second-order valence-corrected chi connectivity index (χ2v) is 8.98. The highest BCUT2D eigenvalue weighted by atomic mass is 32.2. The van der Waals surface area contributed by atoms with E-state index in [2.05, 4.69) is 10.3 Å². The van der Waals surface area contributed by atoms with Gasteiger partial charge in [-0.15, -0.1) is 0 Å². The lowest BCUT2D eigenvalue weighted by Crippen LogP contribution is -2.22. The Hall–Kier alpha value is -4.54. The Kier molecular flexibility index (Phi) is 8.47. The molecule has 1 amide bonds. The van der Waals surface area contributed by atoms with Crippen LogP contribution >= 0.6 is 0 Å². The Labute approximate surface area is 222 Å². The molecule has 3 aromatic carbocycles. The van der Waals surface area contributed by atoms with Crippen LogP contribution in [-0.2, 0) is 22.5 Å². The highest BCUT2D eigenvalue weighted by Gasteiger charge is 2.21. The number of hydrogen-bond donors (Lipinski definition) is 1. The average molecular weight is 531 g/mol. The van der Waals surface area contributed by atoms with Gasteiger partial charge in [0.25, 0.3) is 5.91 Å². The molecule has 38 heavy (non-hydrogen) atoms. The van der Waals surface area contributed by atoms with Gasteiger partial charge in [-0.1, -0.05) is 29.8 Å². The summed E-state index contributed by atoms with van der Waals surface area (Å²) in [6.07, 6.45) is 3.11. The highest BCUT2D eigenvalue weighted by molar-refractivity contribution is 7.81. The van der Waals surface area contributed by atoms with Crippen molar-refractivity contribution < 1.29 is 27.8 Å². The molecule has 0 aliphatic carbocycles. The number of methoxy groups -OCH3 is 1. The first-order chi connectivity index (χ1) is 18.4. The molecule has 0 aliphatic rings. The predicted molar refractivity (Wildman–Crippen MR) is 142 cm³/mol. The van der Waals surface area contributed by atoms with Crippen LogP contribution < -0.4 is 14.4 Å². The molecule has 0 radical (unpaired) electrons. The van der Waals surface area contributed by atoms with Gasteiger partial charge >= 0.3 is 5.97 Å². The molecule has 0 spiro atoms. The number of esters is 1. The lowest BCUT2D eigenvalue weighted by atomic mass is 10.1. The van der Waals surface area contributed by atoms with Gasteiger partial charge in [0.1, 0.15) is 11.5 Å². The normalized spacial score (nSPS) is 11.3. The third-order valence-corrected chi connectivity index (χ3v) is 6.27. The van der Waals surface area contributed by atoms with Crippen molar-refractivity contribution in [1.29, 1.82) is 0 Å². The molecule has 0 saturated carbocycles. The van der Waals surface area contributed by atoms with Gasteiger partial charge < -0.3 is 19.3 Å². The Balaban J connectivity index is 1.51. The van der Waals surface area contributed by atoms with Crippen LogP contribution in [0.1, 0.15) is 31.8 Å². The number of aryl methyl sites for hydroxylation is 1. The SMILES string of the molecule is COC(=O)c1cc(Oc2ccc(CNC(=O)c3ccncc3)cc2)ccc1N(c1ccc(C)cc1)S(=O)[O-]. The molecule has 0 saturated heterocycles. The number of nitrogens with one attached hydrogen (secondary N) is 1. The monoisotopic (exact) mass is 530 g/mol. The first-order valence-corrected chi connectivity index (χ1v) is 12.5. The molecule has 1 N–H and O–H groups in total. The van der Waals surface area contributed by atoms with Gasteiger partial charge in [0, 0.05) is 24.5 Å². The van der Waals surface area contributed by atoms with Crippen molar-refractivity contribution in [2.75, 3.05) is 11.4 Å². The quantitative estimate of drug-likeness (QED) is 0.243. The number of benzene rings is 3. The zero-order valence-electron chi connectivity index (χ0n) is 20.6. The summed E-state index contributed by atoms with van der Waals surface area (Å²) in [5.41, 5.74) is 2.86. The molecule has 0 fully saturated rings. The van der Waals surface area contributed by atoms with Crippen molar-refractivity contribution in [3.8, 4) is 11.5 Å². The zero-order chi connectivity index (χ0) is 27.1. The molecule has 194 valence electrons. The van der Waals surface area contributed by atoms with Crippen molar-refractivity contribution in [1.82, 2.24) is 10.3 Å². The number of carbonyl (C=O) groups is 2. The maximum absolute atomic E-state index is 12.6. The largest absolute Gasteiger partial charge is 0.755 e. The number of hydrogen-bond acceptors (Lipinski definition) is 7. The molecular weight excluding hydrogens is 506 g/mol. The summed E-state index contributed by atoms with van der Waals surface area (Å²) >= 11 is -2.70. The fourth-order valence-electron chi connectivity index (χ4n) is 3.61. The lowest BCUT2D eigenvalue weighted by molar-refractivity contribution is 0.0601. The summed E-state index contributed by atoms with van der Waals surface area (Å²) < 4.78 is 36.1. The Morgan fingerprint density at radius 3 is 2.24 bits per heavy atom. The van der Waals surface area contributed by atoms with Crippen LogP contribution in [-0.4, -0.2) is 32.7 Å². The fraction of sp³-hybridized carbons (Fsp3) is 0.107. The van der Waals surface area contributed by atoms with Gasteiger partial charge in [0.15, 0.2) is 0 Å². The number of nitrogens with zero attached hydrogens (tertiary/aromatic N) is 2. The molecule has 4 aromatic rings. The van der Waals surface area contributed by atoms with Crippen LogP contribution in [0.15, 0.2) is 91.3 Å². The van der Waals surface area contributed by atoms with E-state index in [1.165, 1.54) is 19.2 Å². The molecule has 1 atom stereocenters. The van der Waals surface area contributed by atoms with Crippen LogP contribution in [0.4, 0.5) is 11.4 Å². The fourth-order valence-corrected chi connectivity index (χ4v) is 4.23. The van der Waals surface area contributed by atoms with Crippen molar-refractivity contribution >= 4 is 34.5 Å². The van der Waals surface area contributed by atoms with Crippen LogP contribution in [0.3, 0.4) is 0 Å². The number of carbonyl (C=O) groups excluding carboxylic acids is 2. The Morgan fingerprint density at radius 1 is 0.947 bits per heavy atom. The minimum atomic E-state index is -2.70. The van der Waals surface area contributed by atoms with Gasteiger partial charge in [-0.3, -0.25) is 18.3 Å². The topological polar surface area (TPSA) is 121 Å². The molecule has 0 aliphatic heterocycles. The minimum absolute atomic E-state index is 0.0187. The summed E-state index contributed by atoms with van der Waals surface area (Å²) in [5, 5.41) is 2.84. The number of ether oxygens (including phenoxy) is 2. The van der Waals surface area contributed by atoms with E-state index in [1.54, 1.807) is 79.1 Å². The third kappa shape index (κ3) is 6.41. The lowest BCUT2D eigenvalue weighted by Gasteiger charge is -2.28. The third-order valence-electron chi connectivity index (χ3n) is 5.56. The minimum Gasteiger partial charge on any atom is -0.755 e. The summed E-state index contributed by atoms with van der Waals surface area (Å²) in [6, 6.07) is 21.7. The predicted octanol–water partition coefficient (Wildman–Crippen LogP) is 4.83. The van der Waals surface area contributed by atoms with E-state index in [9.17, 15) is 18.4 Å². The first-order valence-electron chi connectivity index (χ1n) is 11.5. The van der Waals surface area contributed by atoms with Crippen LogP contribution in [0, 0.1) is 6.92 Å². The van der Waals surface area contributed by atoms with E-state index in [4.69, 9.17) is 9.47 Å². The van der Waals surface area contributed by atoms with Crippen LogP contribution in [0.25, 0.3) is 0 Å². The van der Waals surface area contributed by atoms with Crippen molar-refractivity contribution in [3.05, 3.63) is 114 Å². The number of amides is 1. The van der Waals surface area contributed by atoms with Gasteiger partial charge in [-0.25, -0.2) is 4.79 Å². The van der Waals surface area contributed by atoms with Gasteiger partial charge in [0.2, 0.25) is 0 Å². The van der Waals surface area contributed by atoms with Crippen LogP contribution in [0.5, 0.6) is 11.5 Å².